The van der Waals surface area contributed by atoms with E-state index in [1.807, 2.05) is 0 Å². The van der Waals surface area contributed by atoms with E-state index in [1.165, 1.54) is 29.2 Å². The standard InChI is InChI=1S/C20H15Cl4N3O5/c1-12(31-19-5-3-14(22)9-17(19)24)32-20(15-4-2-13(21)8-16(15)23)18(10-30-27(28)29)26-7-6-25-11-26/h2-9,11-12H,10H2,1H3/b20-18-. The fourth-order valence-electron chi connectivity index (χ4n) is 2.69. The Morgan fingerprint density at radius 3 is 2.41 bits per heavy atom. The van der Waals surface area contributed by atoms with E-state index in [9.17, 15) is 10.1 Å². The fraction of sp³-hybridized carbons (Fsp3) is 0.150. The fourth-order valence-corrected chi connectivity index (χ4v) is 3.64. The molecule has 1 unspecified atom stereocenters. The quantitative estimate of drug-likeness (QED) is 0.139. The molecule has 0 N–H and O–H groups in total. The summed E-state index contributed by atoms with van der Waals surface area (Å²) in [4.78, 5) is 19.5. The zero-order valence-electron chi connectivity index (χ0n) is 16.4. The van der Waals surface area contributed by atoms with Crippen molar-refractivity contribution in [1.82, 2.24) is 9.55 Å². The molecule has 1 heterocycles. The Hall–Kier alpha value is -2.65. The van der Waals surface area contributed by atoms with Crippen molar-refractivity contribution in [3.63, 3.8) is 0 Å². The molecule has 32 heavy (non-hydrogen) atoms. The molecule has 0 aliphatic rings. The van der Waals surface area contributed by atoms with Crippen LogP contribution >= 0.6 is 46.4 Å². The van der Waals surface area contributed by atoms with Gasteiger partial charge in [-0.2, -0.15) is 0 Å². The van der Waals surface area contributed by atoms with Crippen LogP contribution in [-0.4, -0.2) is 27.5 Å². The molecule has 0 saturated carbocycles. The number of hydrogen-bond donors (Lipinski definition) is 0. The second-order valence-electron chi connectivity index (χ2n) is 6.25. The van der Waals surface area contributed by atoms with Gasteiger partial charge in [0.25, 0.3) is 5.09 Å². The Kier molecular flexibility index (Phi) is 8.09. The largest absolute Gasteiger partial charge is 0.454 e. The van der Waals surface area contributed by atoms with Crippen LogP contribution in [0.1, 0.15) is 12.5 Å². The molecule has 0 saturated heterocycles. The molecule has 0 radical (unpaired) electrons. The van der Waals surface area contributed by atoms with E-state index in [0.717, 1.165) is 0 Å². The highest BCUT2D eigenvalue weighted by Crippen LogP contribution is 2.34. The van der Waals surface area contributed by atoms with E-state index in [2.05, 4.69) is 9.82 Å². The minimum absolute atomic E-state index is 0.157. The maximum atomic E-state index is 10.9. The number of imidazole rings is 1. The summed E-state index contributed by atoms with van der Waals surface area (Å²) >= 11 is 24.5. The maximum Gasteiger partial charge on any atom is 0.294 e. The van der Waals surface area contributed by atoms with E-state index >= 15 is 0 Å². The van der Waals surface area contributed by atoms with Crippen molar-refractivity contribution < 1.29 is 19.4 Å². The summed E-state index contributed by atoms with van der Waals surface area (Å²) in [5.74, 6) is 0.486. The lowest BCUT2D eigenvalue weighted by Gasteiger charge is -2.23. The maximum absolute atomic E-state index is 10.9. The smallest absolute Gasteiger partial charge is 0.294 e. The van der Waals surface area contributed by atoms with Gasteiger partial charge in [0.05, 0.1) is 22.1 Å². The number of nitrogens with zero attached hydrogens (tertiary/aromatic N) is 3. The molecular weight excluding hydrogens is 504 g/mol. The monoisotopic (exact) mass is 517 g/mol. The van der Waals surface area contributed by atoms with Crippen LogP contribution < -0.4 is 4.74 Å². The Bertz CT molecular complexity index is 1140. The van der Waals surface area contributed by atoms with Gasteiger partial charge in [-0.3, -0.25) is 0 Å². The minimum atomic E-state index is -0.911. The molecule has 0 aliphatic carbocycles. The highest BCUT2D eigenvalue weighted by molar-refractivity contribution is 6.36. The van der Waals surface area contributed by atoms with Gasteiger partial charge in [0, 0.05) is 34.9 Å². The molecule has 8 nitrogen and oxygen atoms in total. The number of ether oxygens (including phenoxy) is 2. The van der Waals surface area contributed by atoms with Gasteiger partial charge in [0.2, 0.25) is 6.29 Å². The predicted octanol–water partition coefficient (Wildman–Crippen LogP) is 6.47. The molecular formula is C20H15Cl4N3O5. The first-order valence-electron chi connectivity index (χ1n) is 8.97. The van der Waals surface area contributed by atoms with Crippen LogP contribution in [0.5, 0.6) is 5.75 Å². The summed E-state index contributed by atoms with van der Waals surface area (Å²) in [5.41, 5.74) is 0.658. The van der Waals surface area contributed by atoms with Gasteiger partial charge in [-0.15, -0.1) is 10.1 Å². The third-order valence-corrected chi connectivity index (χ3v) is 5.11. The third-order valence-electron chi connectivity index (χ3n) is 4.03. The molecule has 3 aromatic rings. The molecule has 3 rings (SSSR count). The second kappa shape index (κ2) is 10.8. The summed E-state index contributed by atoms with van der Waals surface area (Å²) in [6, 6.07) is 9.47. The zero-order chi connectivity index (χ0) is 23.3. The topological polar surface area (TPSA) is 88.7 Å². The van der Waals surface area contributed by atoms with E-state index < -0.39 is 18.0 Å². The molecule has 1 atom stereocenters. The minimum Gasteiger partial charge on any atom is -0.454 e. The van der Waals surface area contributed by atoms with Crippen LogP contribution in [0, 0.1) is 10.1 Å². The van der Waals surface area contributed by atoms with Crippen molar-refractivity contribution in [3.05, 3.63) is 90.9 Å². The van der Waals surface area contributed by atoms with Crippen molar-refractivity contribution in [2.45, 2.75) is 13.2 Å². The van der Waals surface area contributed by atoms with Gasteiger partial charge in [0.15, 0.2) is 5.76 Å². The number of aromatic nitrogens is 2. The summed E-state index contributed by atoms with van der Waals surface area (Å²) < 4.78 is 13.4. The Morgan fingerprint density at radius 2 is 1.81 bits per heavy atom. The van der Waals surface area contributed by atoms with E-state index in [0.29, 0.717) is 21.4 Å². The average molecular weight is 519 g/mol. The molecule has 1 aromatic heterocycles. The Labute approximate surface area is 202 Å². The molecule has 0 aliphatic heterocycles. The van der Waals surface area contributed by atoms with E-state index in [4.69, 9.17) is 55.9 Å². The van der Waals surface area contributed by atoms with Crippen molar-refractivity contribution in [2.24, 2.45) is 0 Å². The molecule has 0 spiro atoms. The van der Waals surface area contributed by atoms with Gasteiger partial charge in [-0.25, -0.2) is 4.98 Å². The van der Waals surface area contributed by atoms with Crippen LogP contribution in [0.3, 0.4) is 0 Å². The lowest BCUT2D eigenvalue weighted by Crippen LogP contribution is -2.19. The normalized spacial score (nSPS) is 12.7. The van der Waals surface area contributed by atoms with Gasteiger partial charge in [-0.1, -0.05) is 46.4 Å². The van der Waals surface area contributed by atoms with Crippen molar-refractivity contribution in [1.29, 1.82) is 0 Å². The average Bonchev–Trinajstić information content (AvgIpc) is 3.24. The van der Waals surface area contributed by atoms with Crippen molar-refractivity contribution >= 4 is 57.9 Å². The summed E-state index contributed by atoms with van der Waals surface area (Å²) in [7, 11) is 0. The van der Waals surface area contributed by atoms with E-state index in [-0.39, 0.29) is 21.5 Å². The van der Waals surface area contributed by atoms with Gasteiger partial charge in [-0.05, 0) is 36.4 Å². The van der Waals surface area contributed by atoms with Gasteiger partial charge >= 0.3 is 0 Å². The molecule has 2 aromatic carbocycles. The van der Waals surface area contributed by atoms with Crippen molar-refractivity contribution in [3.8, 4) is 5.75 Å². The SMILES string of the molecule is CC(O/C(=C(/CO[N+](=O)[O-])n1ccnc1)c1ccc(Cl)cc1Cl)Oc1ccc(Cl)cc1Cl. The number of halogens is 4. The molecule has 0 amide bonds. The van der Waals surface area contributed by atoms with Crippen LogP contribution in [0.25, 0.3) is 11.5 Å². The first-order chi connectivity index (χ1) is 15.2. The number of hydrogen-bond acceptors (Lipinski definition) is 6. The van der Waals surface area contributed by atoms with Crippen LogP contribution in [0.2, 0.25) is 20.1 Å². The van der Waals surface area contributed by atoms with Crippen molar-refractivity contribution in [2.75, 3.05) is 6.61 Å². The molecule has 0 bridgehead atoms. The Morgan fingerprint density at radius 1 is 1.12 bits per heavy atom. The predicted molar refractivity (Wildman–Crippen MR) is 122 cm³/mol. The summed E-state index contributed by atoms with van der Waals surface area (Å²) in [5, 5.41) is 11.4. The first-order valence-corrected chi connectivity index (χ1v) is 10.5. The number of rotatable bonds is 9. The van der Waals surface area contributed by atoms with E-state index in [1.54, 1.807) is 37.4 Å². The summed E-state index contributed by atoms with van der Waals surface area (Å²) in [6.07, 6.45) is 3.62. The lowest BCUT2D eigenvalue weighted by molar-refractivity contribution is -0.754. The van der Waals surface area contributed by atoms with Gasteiger partial charge < -0.3 is 18.9 Å². The highest BCUT2D eigenvalue weighted by Gasteiger charge is 2.21. The Balaban J connectivity index is 2.04. The highest BCUT2D eigenvalue weighted by atomic mass is 35.5. The molecule has 12 heteroatoms. The molecule has 0 fully saturated rings. The third kappa shape index (κ3) is 6.20. The van der Waals surface area contributed by atoms with Crippen LogP contribution in [-0.2, 0) is 9.57 Å². The lowest BCUT2D eigenvalue weighted by atomic mass is 10.1. The second-order valence-corrected chi connectivity index (χ2v) is 7.93. The molecule has 168 valence electrons. The summed E-state index contributed by atoms with van der Waals surface area (Å²) in [6.45, 7) is 1.17. The van der Waals surface area contributed by atoms with Crippen LogP contribution in [0.15, 0.2) is 55.1 Å². The van der Waals surface area contributed by atoms with Gasteiger partial charge in [0.1, 0.15) is 12.4 Å². The first kappa shape index (κ1) is 24.0. The zero-order valence-corrected chi connectivity index (χ0v) is 19.4. The van der Waals surface area contributed by atoms with Crippen LogP contribution in [0.4, 0.5) is 0 Å². The number of benzene rings is 2.